The molecule has 0 radical (unpaired) electrons. The molecular weight excluding hydrogens is 228 g/mol. The van der Waals surface area contributed by atoms with Gasteiger partial charge in [-0.25, -0.2) is 5.01 Å². The van der Waals surface area contributed by atoms with Gasteiger partial charge in [0.1, 0.15) is 0 Å². The lowest BCUT2D eigenvalue weighted by Gasteiger charge is -2.39. The predicted octanol–water partition coefficient (Wildman–Crippen LogP) is 0.441. The molecule has 1 amide bonds. The van der Waals surface area contributed by atoms with Crippen molar-refractivity contribution < 1.29 is 4.79 Å². The number of aromatic nitrogens is 1. The summed E-state index contributed by atoms with van der Waals surface area (Å²) in [7, 11) is 0. The minimum atomic E-state index is -0.0140. The number of carbonyl (C=O) groups excluding carboxylic acids is 1. The lowest BCUT2D eigenvalue weighted by atomic mass is 9.85. The van der Waals surface area contributed by atoms with Gasteiger partial charge in [-0.2, -0.15) is 0 Å². The summed E-state index contributed by atoms with van der Waals surface area (Å²) in [6, 6.07) is 5.89. The van der Waals surface area contributed by atoms with Crippen molar-refractivity contribution in [1.29, 1.82) is 0 Å². The van der Waals surface area contributed by atoms with Gasteiger partial charge in [0.15, 0.2) is 0 Å². The molecule has 1 aromatic rings. The first-order chi connectivity index (χ1) is 8.78. The van der Waals surface area contributed by atoms with Crippen LogP contribution in [0.3, 0.4) is 0 Å². The van der Waals surface area contributed by atoms with Crippen molar-refractivity contribution in [3.63, 3.8) is 0 Å². The Morgan fingerprint density at radius 1 is 1.33 bits per heavy atom. The third-order valence-electron chi connectivity index (χ3n) is 3.90. The van der Waals surface area contributed by atoms with E-state index in [2.05, 4.69) is 20.7 Å². The van der Waals surface area contributed by atoms with E-state index in [0.717, 1.165) is 31.6 Å². The Bertz CT molecular complexity index is 428. The van der Waals surface area contributed by atoms with Crippen LogP contribution in [0.25, 0.3) is 0 Å². The van der Waals surface area contributed by atoms with Crippen LogP contribution in [0.2, 0.25) is 0 Å². The van der Waals surface area contributed by atoms with Crippen LogP contribution in [-0.4, -0.2) is 34.5 Å². The van der Waals surface area contributed by atoms with Gasteiger partial charge in [-0.05, 0) is 38.1 Å². The Balaban J connectivity index is 1.79. The number of hydrogen-bond acceptors (Lipinski definition) is 4. The van der Waals surface area contributed by atoms with Gasteiger partial charge in [0, 0.05) is 12.6 Å². The highest BCUT2D eigenvalue weighted by Gasteiger charge is 2.45. The van der Waals surface area contributed by atoms with Crippen molar-refractivity contribution in [2.45, 2.75) is 31.3 Å². The van der Waals surface area contributed by atoms with Gasteiger partial charge in [0.05, 0.1) is 17.8 Å². The summed E-state index contributed by atoms with van der Waals surface area (Å²) >= 11 is 0. The number of nitrogens with zero attached hydrogens (tertiary/aromatic N) is 2. The van der Waals surface area contributed by atoms with E-state index in [9.17, 15) is 4.79 Å². The molecule has 0 atom stereocenters. The summed E-state index contributed by atoms with van der Waals surface area (Å²) in [5.74, 6) is 0.132. The van der Waals surface area contributed by atoms with Crippen LogP contribution in [0, 0.1) is 0 Å². The second kappa shape index (κ2) is 4.66. The predicted molar refractivity (Wildman–Crippen MR) is 67.4 cm³/mol. The highest BCUT2D eigenvalue weighted by Crippen LogP contribution is 2.33. The number of piperidine rings is 1. The fraction of sp³-hybridized carbons (Fsp3) is 0.538. The molecule has 5 nitrogen and oxygen atoms in total. The topological polar surface area (TPSA) is 57.3 Å². The zero-order valence-electron chi connectivity index (χ0n) is 10.4. The van der Waals surface area contributed by atoms with E-state index in [1.807, 2.05) is 18.2 Å². The van der Waals surface area contributed by atoms with Gasteiger partial charge in [-0.3, -0.25) is 15.2 Å². The molecule has 1 aromatic heterocycles. The second-order valence-corrected chi connectivity index (χ2v) is 5.09. The molecule has 3 rings (SSSR count). The van der Waals surface area contributed by atoms with Gasteiger partial charge in [-0.1, -0.05) is 6.07 Å². The Kier molecular flexibility index (Phi) is 3.01. The zero-order valence-corrected chi connectivity index (χ0v) is 10.4. The summed E-state index contributed by atoms with van der Waals surface area (Å²) in [5.41, 5.74) is 3.97. The lowest BCUT2D eigenvalue weighted by molar-refractivity contribution is -0.121. The molecule has 96 valence electrons. The molecule has 1 spiro atoms. The maximum Gasteiger partial charge on any atom is 0.236 e. The Morgan fingerprint density at radius 2 is 2.17 bits per heavy atom. The van der Waals surface area contributed by atoms with Crippen molar-refractivity contribution >= 4 is 5.91 Å². The van der Waals surface area contributed by atoms with Crippen LogP contribution in [-0.2, 0) is 11.3 Å². The molecule has 18 heavy (non-hydrogen) atoms. The molecule has 0 aliphatic carbocycles. The average molecular weight is 246 g/mol. The van der Waals surface area contributed by atoms with E-state index >= 15 is 0 Å². The number of hydrazine groups is 1. The minimum absolute atomic E-state index is 0.0140. The lowest BCUT2D eigenvalue weighted by Crippen LogP contribution is -2.53. The first-order valence-corrected chi connectivity index (χ1v) is 6.46. The standard InChI is InChI=1S/C13H18N4O/c18-12-9-13(4-7-14-8-5-13)17(16-12)10-11-3-1-2-6-15-11/h1-3,6,14H,4-5,7-10H2,(H,16,18). The summed E-state index contributed by atoms with van der Waals surface area (Å²) in [6.45, 7) is 2.65. The van der Waals surface area contributed by atoms with Crippen molar-refractivity contribution in [2.75, 3.05) is 13.1 Å². The molecule has 3 heterocycles. The fourth-order valence-corrected chi connectivity index (χ4v) is 2.90. The fourth-order valence-electron chi connectivity index (χ4n) is 2.90. The minimum Gasteiger partial charge on any atom is -0.317 e. The van der Waals surface area contributed by atoms with Crippen molar-refractivity contribution in [3.8, 4) is 0 Å². The van der Waals surface area contributed by atoms with Gasteiger partial charge < -0.3 is 5.32 Å². The molecule has 2 aliphatic heterocycles. The van der Waals surface area contributed by atoms with Gasteiger partial charge in [0.2, 0.25) is 5.91 Å². The smallest absolute Gasteiger partial charge is 0.236 e. The molecular formula is C13H18N4O. The van der Waals surface area contributed by atoms with Crippen LogP contribution in [0.1, 0.15) is 25.0 Å². The number of amides is 1. The third kappa shape index (κ3) is 2.11. The highest BCUT2D eigenvalue weighted by molar-refractivity contribution is 5.79. The van der Waals surface area contributed by atoms with Crippen LogP contribution in [0.15, 0.2) is 24.4 Å². The van der Waals surface area contributed by atoms with Crippen LogP contribution in [0.5, 0.6) is 0 Å². The monoisotopic (exact) mass is 246 g/mol. The first-order valence-electron chi connectivity index (χ1n) is 6.46. The number of nitrogens with one attached hydrogen (secondary N) is 2. The highest BCUT2D eigenvalue weighted by atomic mass is 16.2. The van der Waals surface area contributed by atoms with E-state index in [4.69, 9.17) is 0 Å². The summed E-state index contributed by atoms with van der Waals surface area (Å²) < 4.78 is 0. The zero-order chi connectivity index (χ0) is 12.4. The van der Waals surface area contributed by atoms with Crippen molar-refractivity contribution in [3.05, 3.63) is 30.1 Å². The first kappa shape index (κ1) is 11.6. The van der Waals surface area contributed by atoms with Crippen LogP contribution in [0.4, 0.5) is 0 Å². The van der Waals surface area contributed by atoms with Crippen molar-refractivity contribution in [2.24, 2.45) is 0 Å². The quantitative estimate of drug-likeness (QED) is 0.795. The molecule has 2 aliphatic rings. The summed E-state index contributed by atoms with van der Waals surface area (Å²) in [6.07, 6.45) is 4.43. The molecule has 2 saturated heterocycles. The number of pyridine rings is 1. The van der Waals surface area contributed by atoms with Crippen molar-refractivity contribution in [1.82, 2.24) is 20.7 Å². The second-order valence-electron chi connectivity index (χ2n) is 5.09. The van der Waals surface area contributed by atoms with E-state index < -0.39 is 0 Å². The van der Waals surface area contributed by atoms with Gasteiger partial charge in [0.25, 0.3) is 0 Å². The molecule has 2 fully saturated rings. The summed E-state index contributed by atoms with van der Waals surface area (Å²) in [5, 5.41) is 5.45. The Hall–Kier alpha value is -1.46. The number of hydrogen-bond donors (Lipinski definition) is 2. The third-order valence-corrected chi connectivity index (χ3v) is 3.90. The molecule has 0 saturated carbocycles. The summed E-state index contributed by atoms with van der Waals surface area (Å²) in [4.78, 5) is 16.1. The Morgan fingerprint density at radius 3 is 2.89 bits per heavy atom. The largest absolute Gasteiger partial charge is 0.317 e. The molecule has 0 unspecified atom stereocenters. The van der Waals surface area contributed by atoms with Gasteiger partial charge >= 0.3 is 0 Å². The average Bonchev–Trinajstić information content (AvgIpc) is 2.67. The number of carbonyl (C=O) groups is 1. The van der Waals surface area contributed by atoms with E-state index in [0.29, 0.717) is 13.0 Å². The SMILES string of the molecule is O=C1CC2(CCNCC2)N(Cc2ccccn2)N1. The van der Waals surface area contributed by atoms with Crippen LogP contribution < -0.4 is 10.7 Å². The molecule has 0 bridgehead atoms. The molecule has 5 heteroatoms. The maximum atomic E-state index is 11.7. The number of rotatable bonds is 2. The van der Waals surface area contributed by atoms with Crippen LogP contribution >= 0.6 is 0 Å². The van der Waals surface area contributed by atoms with Gasteiger partial charge in [-0.15, -0.1) is 0 Å². The van der Waals surface area contributed by atoms with E-state index in [1.165, 1.54) is 0 Å². The van der Waals surface area contributed by atoms with E-state index in [1.54, 1.807) is 6.20 Å². The normalized spacial score (nSPS) is 23.2. The maximum absolute atomic E-state index is 11.7. The van der Waals surface area contributed by atoms with E-state index in [-0.39, 0.29) is 11.4 Å². The molecule has 2 N–H and O–H groups in total. The Labute approximate surface area is 107 Å². The molecule has 0 aromatic carbocycles.